The molecule has 4 nitrogen and oxygen atoms in total. The van der Waals surface area contributed by atoms with E-state index in [2.05, 4.69) is 282 Å². The smallest absolute Gasteiger partial charge is 0.159 e. The van der Waals surface area contributed by atoms with E-state index in [-0.39, 0.29) is 21.7 Å². The summed E-state index contributed by atoms with van der Waals surface area (Å²) in [5, 5.41) is 9.60. The van der Waals surface area contributed by atoms with Crippen molar-refractivity contribution in [1.82, 2.24) is 19.9 Å². The maximum absolute atomic E-state index is 5.73. The minimum absolute atomic E-state index is 0.0139. The molecule has 494 valence electrons. The number of nitrogens with zero attached hydrogens (tertiary/aromatic N) is 4. The average Bonchev–Trinajstić information content (AvgIpc) is 0.828. The summed E-state index contributed by atoms with van der Waals surface area (Å²) in [7, 11) is 0. The van der Waals surface area contributed by atoms with Gasteiger partial charge in [-0.2, -0.15) is 0 Å². The van der Waals surface area contributed by atoms with Gasteiger partial charge in [-0.25, -0.2) is 19.9 Å². The summed E-state index contributed by atoms with van der Waals surface area (Å²) in [6.07, 6.45) is 15.4. The highest BCUT2D eigenvalue weighted by atomic mass is 14.9. The van der Waals surface area contributed by atoms with Gasteiger partial charge in [0.05, 0.1) is 5.69 Å². The Labute approximate surface area is 606 Å². The van der Waals surface area contributed by atoms with Crippen LogP contribution in [0.15, 0.2) is 279 Å². The van der Waals surface area contributed by atoms with E-state index in [1.165, 1.54) is 212 Å². The first kappa shape index (κ1) is 59.9. The molecule has 0 atom stereocenters. The topological polar surface area (TPSA) is 51.6 Å². The summed E-state index contributed by atoms with van der Waals surface area (Å²) >= 11 is 0. The first-order valence-corrected chi connectivity index (χ1v) is 37.6. The van der Waals surface area contributed by atoms with E-state index in [1.54, 1.807) is 0 Å². The minimum Gasteiger partial charge on any atom is -0.237 e. The maximum atomic E-state index is 5.73. The predicted molar refractivity (Wildman–Crippen MR) is 430 cm³/mol. The van der Waals surface area contributed by atoms with Crippen molar-refractivity contribution < 1.29 is 0 Å². The molecule has 6 aliphatic rings. The standard InChI is InChI=1S/C100H74N4/c1-97(2)82-26-11-7-20-66(82)70-37-31-60(55-86(70)97)92-76-41-30-59(52-79(76)94(81-53-64(35-42-78(81)92)95-101-49-19-50-102-95)61-32-38-71-67-21-8-12-27-83(67)98(3,4)87(71)56-61)90-44-51-103-96(104-90)65-36-43-77-80(54-65)93(63-34-40-73-69-23-10-14-29-85(69)100(89(73)58-63)47-17-18-48-100)75-25-6-5-24-74(75)91(77)62-33-39-72-68-22-9-13-28-84(68)99(88(72)57-62)45-15-16-46-99/h5-14,19-44,49-58H,15-18,45-48H2,1-4H3. The Kier molecular flexibility index (Phi) is 12.6. The molecular formula is C100H74N4. The van der Waals surface area contributed by atoms with Gasteiger partial charge in [0.25, 0.3) is 0 Å². The van der Waals surface area contributed by atoms with Gasteiger partial charge in [-0.3, -0.25) is 0 Å². The molecule has 0 N–H and O–H groups in total. The Bertz CT molecular complexity index is 6430. The van der Waals surface area contributed by atoms with Crippen LogP contribution in [-0.4, -0.2) is 19.9 Å². The van der Waals surface area contributed by atoms with Crippen LogP contribution in [0.2, 0.25) is 0 Å². The zero-order chi connectivity index (χ0) is 69.0. The molecule has 0 radical (unpaired) electrons. The fourth-order valence-corrected chi connectivity index (χ4v) is 21.2. The highest BCUT2D eigenvalue weighted by Gasteiger charge is 2.47. The Morgan fingerprint density at radius 2 is 0.548 bits per heavy atom. The van der Waals surface area contributed by atoms with Gasteiger partial charge >= 0.3 is 0 Å². The lowest BCUT2D eigenvalue weighted by atomic mass is 9.75. The van der Waals surface area contributed by atoms with E-state index in [9.17, 15) is 0 Å². The monoisotopic (exact) mass is 1330 g/mol. The largest absolute Gasteiger partial charge is 0.237 e. The first-order chi connectivity index (χ1) is 51.0. The Morgan fingerprint density at radius 3 is 1.01 bits per heavy atom. The predicted octanol–water partition coefficient (Wildman–Crippen LogP) is 25.8. The van der Waals surface area contributed by atoms with Crippen molar-refractivity contribution in [1.29, 1.82) is 0 Å². The lowest BCUT2D eigenvalue weighted by molar-refractivity contribution is 0.550. The summed E-state index contributed by atoms with van der Waals surface area (Å²) in [5.41, 5.74) is 35.4. The van der Waals surface area contributed by atoms with Crippen LogP contribution in [0, 0.1) is 0 Å². The van der Waals surface area contributed by atoms with Crippen LogP contribution in [0.4, 0.5) is 0 Å². The third-order valence-corrected chi connectivity index (χ3v) is 25.9. The number of benzene rings is 14. The second-order valence-electron chi connectivity index (χ2n) is 31.7. The summed E-state index contributed by atoms with van der Waals surface area (Å²) in [6.45, 7) is 9.54. The molecule has 2 fully saturated rings. The Morgan fingerprint density at radius 1 is 0.231 bits per heavy atom. The zero-order valence-electron chi connectivity index (χ0n) is 59.0. The summed E-state index contributed by atoms with van der Waals surface area (Å²) in [5.74, 6) is 1.38. The van der Waals surface area contributed by atoms with Crippen molar-refractivity contribution in [2.24, 2.45) is 0 Å². The van der Waals surface area contributed by atoms with Crippen LogP contribution in [-0.2, 0) is 21.7 Å². The molecule has 16 aromatic rings. The SMILES string of the molecule is CC1(C)c2ccccc2-c2ccc(-c3c4ccc(-c5ccnc(-c6ccc7c(-c8ccc9c(c8)C8(CCCC8)c8ccccc8-9)c8ccccc8c(-c8ccc9c(c8)C8(CCCC8)c8ccccc8-9)c7c6)n5)cc4c(-c4ccc5c(c4)C(C)(C)c4ccccc4-5)c4cc(-c5ncccn5)ccc34)cc21. The van der Waals surface area contributed by atoms with E-state index in [0.29, 0.717) is 11.6 Å². The third-order valence-electron chi connectivity index (χ3n) is 25.9. The Balaban J connectivity index is 0.764. The normalized spacial score (nSPS) is 16.1. The lowest BCUT2D eigenvalue weighted by Crippen LogP contribution is -2.20. The van der Waals surface area contributed by atoms with Crippen LogP contribution in [0.5, 0.6) is 0 Å². The maximum Gasteiger partial charge on any atom is 0.159 e. The lowest BCUT2D eigenvalue weighted by Gasteiger charge is -2.28. The molecule has 2 spiro atoms. The van der Waals surface area contributed by atoms with Crippen molar-refractivity contribution in [3.8, 4) is 123 Å². The number of hydrogen-bond donors (Lipinski definition) is 0. The van der Waals surface area contributed by atoms with Crippen LogP contribution >= 0.6 is 0 Å². The van der Waals surface area contributed by atoms with Gasteiger partial charge in [-0.1, -0.05) is 260 Å². The van der Waals surface area contributed by atoms with Crippen LogP contribution in [0.1, 0.15) is 124 Å². The molecule has 22 rings (SSSR count). The molecule has 0 aliphatic heterocycles. The van der Waals surface area contributed by atoms with Gasteiger partial charge in [0.2, 0.25) is 0 Å². The molecule has 2 saturated carbocycles. The van der Waals surface area contributed by atoms with E-state index in [0.717, 1.165) is 38.7 Å². The highest BCUT2D eigenvalue weighted by Crippen LogP contribution is 2.61. The summed E-state index contributed by atoms with van der Waals surface area (Å²) in [4.78, 5) is 20.7. The van der Waals surface area contributed by atoms with Crippen LogP contribution < -0.4 is 0 Å². The minimum atomic E-state index is -0.217. The third kappa shape index (κ3) is 8.31. The highest BCUT2D eigenvalue weighted by molar-refractivity contribution is 6.24. The van der Waals surface area contributed by atoms with Gasteiger partial charge in [0.15, 0.2) is 11.6 Å². The van der Waals surface area contributed by atoms with Crippen molar-refractivity contribution in [3.63, 3.8) is 0 Å². The first-order valence-electron chi connectivity index (χ1n) is 37.6. The number of fused-ring (bicyclic) bond motifs is 20. The van der Waals surface area contributed by atoms with Crippen LogP contribution in [0.25, 0.3) is 166 Å². The molecule has 4 heteroatoms. The number of rotatable bonds is 7. The quantitative estimate of drug-likeness (QED) is 0.149. The van der Waals surface area contributed by atoms with Crippen molar-refractivity contribution in [3.05, 3.63) is 324 Å². The number of hydrogen-bond acceptors (Lipinski definition) is 4. The van der Waals surface area contributed by atoms with Gasteiger partial charge in [0, 0.05) is 56.9 Å². The molecule has 104 heavy (non-hydrogen) atoms. The fourth-order valence-electron chi connectivity index (χ4n) is 21.2. The van der Waals surface area contributed by atoms with E-state index in [1.807, 2.05) is 24.7 Å². The molecule has 0 amide bonds. The van der Waals surface area contributed by atoms with Gasteiger partial charge < -0.3 is 0 Å². The second-order valence-corrected chi connectivity index (χ2v) is 31.7. The van der Waals surface area contributed by atoms with Gasteiger partial charge in [-0.05, 0) is 257 Å². The van der Waals surface area contributed by atoms with Crippen molar-refractivity contribution >= 4 is 43.1 Å². The molecule has 0 unspecified atom stereocenters. The summed E-state index contributed by atoms with van der Waals surface area (Å²) in [6, 6.07) is 100. The molecule has 0 saturated heterocycles. The van der Waals surface area contributed by atoms with Crippen molar-refractivity contribution in [2.75, 3.05) is 0 Å². The second kappa shape index (κ2) is 21.9. The Hall–Kier alpha value is -11.7. The van der Waals surface area contributed by atoms with E-state index >= 15 is 0 Å². The molecule has 2 aromatic heterocycles. The van der Waals surface area contributed by atoms with E-state index < -0.39 is 0 Å². The number of aromatic nitrogens is 4. The summed E-state index contributed by atoms with van der Waals surface area (Å²) < 4.78 is 0. The van der Waals surface area contributed by atoms with Crippen molar-refractivity contribution in [2.45, 2.75) is 101 Å². The van der Waals surface area contributed by atoms with Crippen LogP contribution in [0.3, 0.4) is 0 Å². The van der Waals surface area contributed by atoms with E-state index in [4.69, 9.17) is 19.9 Å². The fraction of sp³-hybridized carbons (Fsp3) is 0.160. The molecular weight excluding hydrogens is 1260 g/mol. The average molecular weight is 1330 g/mol. The molecule has 6 aliphatic carbocycles. The van der Waals surface area contributed by atoms with Gasteiger partial charge in [0.1, 0.15) is 0 Å². The molecule has 14 aromatic carbocycles. The van der Waals surface area contributed by atoms with Gasteiger partial charge in [-0.15, -0.1) is 0 Å². The molecule has 2 heterocycles. The molecule has 0 bridgehead atoms. The zero-order valence-corrected chi connectivity index (χ0v) is 59.0.